The van der Waals surface area contributed by atoms with Crippen LogP contribution < -0.4 is 0 Å². The Morgan fingerprint density at radius 2 is 1.26 bits per heavy atom. The Morgan fingerprint density at radius 1 is 0.778 bits per heavy atom. The van der Waals surface area contributed by atoms with Gasteiger partial charge in [0.05, 0.1) is 17.8 Å². The summed E-state index contributed by atoms with van der Waals surface area (Å²) in [7, 11) is 0. The molecule has 0 amide bonds. The minimum Gasteiger partial charge on any atom is -0.322 e. The molecule has 0 atom stereocenters. The summed E-state index contributed by atoms with van der Waals surface area (Å²) < 4.78 is 77.6. The third-order valence-corrected chi connectivity index (χ3v) is 3.24. The van der Waals surface area contributed by atoms with Gasteiger partial charge in [-0.25, -0.2) is 30.4 Å². The minimum atomic E-state index is -1.89. The first kappa shape index (κ1) is 25.6. The van der Waals surface area contributed by atoms with Crippen molar-refractivity contribution in [2.24, 2.45) is 0 Å². The molecular formula is C19H18F6NPt-3. The maximum Gasteiger partial charge on any atom is 0.188 e. The number of hydrogen-bond donors (Lipinski definition) is 0. The van der Waals surface area contributed by atoms with E-state index in [4.69, 9.17) is 0 Å². The number of benzene rings is 1. The first-order chi connectivity index (χ1) is 12.1. The first-order valence-corrected chi connectivity index (χ1v) is 7.69. The Bertz CT molecular complexity index is 686. The van der Waals surface area contributed by atoms with Crippen molar-refractivity contribution < 1.29 is 47.4 Å². The average Bonchev–Trinajstić information content (AvgIpc) is 2.58. The molecule has 0 N–H and O–H groups in total. The molecule has 0 aliphatic rings. The molecular weight excluding hydrogens is 551 g/mol. The van der Waals surface area contributed by atoms with E-state index in [1.54, 1.807) is 0 Å². The molecule has 0 unspecified atom stereocenters. The molecule has 27 heavy (non-hydrogen) atoms. The predicted octanol–water partition coefficient (Wildman–Crippen LogP) is 6.38. The molecule has 1 heterocycles. The molecule has 0 radical (unpaired) electrons. The molecule has 0 bridgehead atoms. The van der Waals surface area contributed by atoms with Gasteiger partial charge >= 0.3 is 0 Å². The van der Waals surface area contributed by atoms with Crippen molar-refractivity contribution >= 4 is 0 Å². The predicted molar refractivity (Wildman–Crippen MR) is 86.7 cm³/mol. The van der Waals surface area contributed by atoms with Crippen molar-refractivity contribution in [2.75, 3.05) is 0 Å². The fourth-order valence-corrected chi connectivity index (χ4v) is 1.77. The number of hydrogen-bond acceptors (Lipinski definition) is 1. The molecule has 0 spiro atoms. The fourth-order valence-electron chi connectivity index (χ4n) is 1.77. The summed E-state index contributed by atoms with van der Waals surface area (Å²) in [5, 5.41) is 0. The van der Waals surface area contributed by atoms with Crippen LogP contribution >= 0.6 is 0 Å². The maximum absolute atomic E-state index is 13.3. The molecule has 0 saturated heterocycles. The van der Waals surface area contributed by atoms with Crippen molar-refractivity contribution in [2.45, 2.75) is 40.5 Å². The van der Waals surface area contributed by atoms with Gasteiger partial charge in [0.1, 0.15) is 11.6 Å². The van der Waals surface area contributed by atoms with Crippen LogP contribution in [0, 0.1) is 52.8 Å². The second-order valence-corrected chi connectivity index (χ2v) is 6.14. The summed E-state index contributed by atoms with van der Waals surface area (Å²) in [6, 6.07) is 2.27. The van der Waals surface area contributed by atoms with Crippen LogP contribution in [-0.2, 0) is 21.1 Å². The van der Waals surface area contributed by atoms with Crippen LogP contribution in [-0.4, -0.2) is 4.98 Å². The molecule has 154 valence electrons. The summed E-state index contributed by atoms with van der Waals surface area (Å²) in [5.41, 5.74) is -1.92. The summed E-state index contributed by atoms with van der Waals surface area (Å²) in [6.45, 7) is 8.73. The molecule has 2 aromatic rings. The topological polar surface area (TPSA) is 12.9 Å². The molecule has 0 aliphatic heterocycles. The van der Waals surface area contributed by atoms with E-state index in [-0.39, 0.29) is 21.1 Å². The molecule has 0 saturated carbocycles. The van der Waals surface area contributed by atoms with Crippen molar-refractivity contribution in [3.63, 3.8) is 0 Å². The van der Waals surface area contributed by atoms with Crippen LogP contribution in [0.2, 0.25) is 0 Å². The van der Waals surface area contributed by atoms with Gasteiger partial charge in [0.25, 0.3) is 0 Å². The Labute approximate surface area is 169 Å². The molecule has 0 aliphatic carbocycles. The van der Waals surface area contributed by atoms with E-state index in [0.29, 0.717) is 12.3 Å². The summed E-state index contributed by atoms with van der Waals surface area (Å²) >= 11 is 0. The Morgan fingerprint density at radius 3 is 1.74 bits per heavy atom. The molecule has 1 aromatic heterocycles. The van der Waals surface area contributed by atoms with Gasteiger partial charge in [0.2, 0.25) is 0 Å². The van der Waals surface area contributed by atoms with Gasteiger partial charge in [-0.1, -0.05) is 5.56 Å². The van der Waals surface area contributed by atoms with E-state index in [1.165, 1.54) is 24.7 Å². The minimum absolute atomic E-state index is 0. The van der Waals surface area contributed by atoms with Gasteiger partial charge < -0.3 is 11.8 Å². The Kier molecular flexibility index (Phi) is 10.9. The second kappa shape index (κ2) is 11.5. The summed E-state index contributed by atoms with van der Waals surface area (Å²) in [6.07, 6.45) is 2.83. The van der Waals surface area contributed by atoms with Crippen LogP contribution in [0.15, 0.2) is 12.3 Å². The molecule has 8 heteroatoms. The Hall–Kier alpha value is -1.36. The van der Waals surface area contributed by atoms with Crippen LogP contribution in [0.4, 0.5) is 26.3 Å². The van der Waals surface area contributed by atoms with Gasteiger partial charge in [0.15, 0.2) is 11.6 Å². The monoisotopic (exact) mass is 569 g/mol. The average molecular weight is 569 g/mol. The van der Waals surface area contributed by atoms with Crippen molar-refractivity contribution in [1.29, 1.82) is 0 Å². The van der Waals surface area contributed by atoms with Gasteiger partial charge in [-0.05, 0) is 0 Å². The largest absolute Gasteiger partial charge is 0.322 e. The van der Waals surface area contributed by atoms with E-state index in [1.807, 2.05) is 6.07 Å². The van der Waals surface area contributed by atoms with Crippen LogP contribution in [0.25, 0.3) is 11.3 Å². The standard InChI is InChI=1S/C11H2F6N.C8H16.Pt/c12-5-2-1-4(7(14)8(5)15)11-10(17)9(16)6(13)3-18-11;1-7(2)5-6-8(3)4;/h2-3H;5-6H2,1-4H3;/q-1;-2;. The first-order valence-electron chi connectivity index (χ1n) is 7.69. The molecule has 1 nitrogen and oxygen atoms in total. The third-order valence-electron chi connectivity index (χ3n) is 3.24. The zero-order valence-electron chi connectivity index (χ0n) is 15.1. The zero-order valence-corrected chi connectivity index (χ0v) is 17.4. The number of rotatable bonds is 4. The van der Waals surface area contributed by atoms with E-state index in [2.05, 4.69) is 32.7 Å². The van der Waals surface area contributed by atoms with Crippen molar-refractivity contribution in [1.82, 2.24) is 4.98 Å². The van der Waals surface area contributed by atoms with Crippen molar-refractivity contribution in [3.8, 4) is 11.3 Å². The smallest absolute Gasteiger partial charge is 0.188 e. The van der Waals surface area contributed by atoms with Gasteiger partial charge in [0, 0.05) is 26.8 Å². The zero-order chi connectivity index (χ0) is 20.0. The molecule has 0 fully saturated rings. The second-order valence-electron chi connectivity index (χ2n) is 6.14. The molecule has 1 aromatic carbocycles. The number of aromatic nitrogens is 1. The van der Waals surface area contributed by atoms with Gasteiger partial charge in [-0.15, -0.1) is 12.1 Å². The summed E-state index contributed by atoms with van der Waals surface area (Å²) in [5.74, 6) is -7.42. The van der Waals surface area contributed by atoms with E-state index in [9.17, 15) is 26.3 Å². The van der Waals surface area contributed by atoms with Crippen LogP contribution in [0.3, 0.4) is 0 Å². The Balaban J connectivity index is 0.000000645. The van der Waals surface area contributed by atoms with E-state index >= 15 is 0 Å². The maximum atomic E-state index is 13.3. The SMILES string of the molecule is C[C-](C)CC[C-](C)C.Fc1c[c-]c(-c2ncc(F)c(F)c2F)c(F)c1F.[Pt]. The third kappa shape index (κ3) is 7.28. The number of halogens is 6. The quantitative estimate of drug-likeness (QED) is 0.237. The van der Waals surface area contributed by atoms with E-state index < -0.39 is 46.2 Å². The van der Waals surface area contributed by atoms with Crippen LogP contribution in [0.5, 0.6) is 0 Å². The normalized spacial score (nSPS) is 10.5. The van der Waals surface area contributed by atoms with Gasteiger partial charge in [-0.2, -0.15) is 27.7 Å². The van der Waals surface area contributed by atoms with Crippen molar-refractivity contribution in [3.05, 3.63) is 65.1 Å². The summed E-state index contributed by atoms with van der Waals surface area (Å²) in [4.78, 5) is 3.09. The van der Waals surface area contributed by atoms with E-state index in [0.717, 1.165) is 0 Å². The fraction of sp³-hybridized carbons (Fsp3) is 0.316. The van der Waals surface area contributed by atoms with Gasteiger partial charge in [-0.3, -0.25) is 13.8 Å². The number of nitrogens with zero attached hydrogens (tertiary/aromatic N) is 1. The number of pyridine rings is 1. The van der Waals surface area contributed by atoms with Crippen LogP contribution in [0.1, 0.15) is 40.5 Å². The molecule has 2 rings (SSSR count).